The van der Waals surface area contributed by atoms with Gasteiger partial charge in [0.15, 0.2) is 11.6 Å². The molecular formula is C17H15F3N6O. The molecule has 0 aliphatic carbocycles. The van der Waals surface area contributed by atoms with Crippen LogP contribution in [0.25, 0.3) is 10.8 Å². The number of nitrogens with zero attached hydrogens (tertiary/aromatic N) is 3. The van der Waals surface area contributed by atoms with Crippen molar-refractivity contribution < 1.29 is 18.0 Å². The molecule has 0 saturated carbocycles. The van der Waals surface area contributed by atoms with Crippen molar-refractivity contribution in [2.75, 3.05) is 17.6 Å². The van der Waals surface area contributed by atoms with Crippen LogP contribution >= 0.6 is 0 Å². The lowest BCUT2D eigenvalue weighted by molar-refractivity contribution is -0.121. The van der Waals surface area contributed by atoms with Crippen molar-refractivity contribution in [3.8, 4) is 0 Å². The highest BCUT2D eigenvalue weighted by atomic mass is 19.3. The van der Waals surface area contributed by atoms with Gasteiger partial charge in [0.25, 0.3) is 6.43 Å². The molecule has 0 spiro atoms. The van der Waals surface area contributed by atoms with E-state index in [2.05, 4.69) is 20.7 Å². The van der Waals surface area contributed by atoms with E-state index < -0.39 is 17.8 Å². The molecule has 0 saturated heterocycles. The van der Waals surface area contributed by atoms with Gasteiger partial charge in [-0.05, 0) is 17.5 Å². The number of carbonyl (C=O) groups is 1. The second kappa shape index (κ2) is 6.45. The molecule has 4 rings (SSSR count). The minimum atomic E-state index is -2.98. The van der Waals surface area contributed by atoms with Gasteiger partial charge < -0.3 is 16.4 Å². The lowest BCUT2D eigenvalue weighted by Crippen LogP contribution is -2.25. The molecular weight excluding hydrogens is 361 g/mol. The number of nitrogens with one attached hydrogen (secondary N) is 2. The maximum atomic E-state index is 13.9. The predicted octanol–water partition coefficient (Wildman–Crippen LogP) is 2.51. The molecule has 0 bridgehead atoms. The van der Waals surface area contributed by atoms with Crippen LogP contribution in [0.1, 0.15) is 17.7 Å². The quantitative estimate of drug-likeness (QED) is 0.610. The average molecular weight is 376 g/mol. The summed E-state index contributed by atoms with van der Waals surface area (Å²) in [5.74, 6) is -0.442. The number of anilines is 3. The van der Waals surface area contributed by atoms with Gasteiger partial charge in [-0.1, -0.05) is 0 Å². The molecule has 10 heteroatoms. The lowest BCUT2D eigenvalue weighted by atomic mass is 10.1. The van der Waals surface area contributed by atoms with Gasteiger partial charge in [0.05, 0.1) is 11.3 Å². The fourth-order valence-corrected chi connectivity index (χ4v) is 3.05. The fraction of sp³-hybridized carbons (Fsp3) is 0.235. The van der Waals surface area contributed by atoms with Crippen molar-refractivity contribution >= 4 is 34.0 Å². The first kappa shape index (κ1) is 17.1. The summed E-state index contributed by atoms with van der Waals surface area (Å²) in [6, 6.07) is 4.34. The first-order valence-electron chi connectivity index (χ1n) is 8.18. The maximum Gasteiger partial charge on any atom is 0.266 e. The average Bonchev–Trinajstić information content (AvgIpc) is 2.89. The van der Waals surface area contributed by atoms with Crippen LogP contribution in [0, 0.1) is 5.82 Å². The summed E-state index contributed by atoms with van der Waals surface area (Å²) in [6.07, 6.45) is -1.02. The van der Waals surface area contributed by atoms with Crippen molar-refractivity contribution in [1.82, 2.24) is 20.1 Å². The number of alkyl halides is 2. The van der Waals surface area contributed by atoms with Crippen LogP contribution in [0.2, 0.25) is 0 Å². The summed E-state index contributed by atoms with van der Waals surface area (Å²) in [7, 11) is 0. The number of amides is 1. The van der Waals surface area contributed by atoms with Gasteiger partial charge in [0, 0.05) is 36.3 Å². The van der Waals surface area contributed by atoms with E-state index in [-0.39, 0.29) is 23.5 Å². The van der Waals surface area contributed by atoms with Gasteiger partial charge in [-0.2, -0.15) is 5.10 Å². The Bertz CT molecular complexity index is 1050. The molecule has 1 aliphatic rings. The van der Waals surface area contributed by atoms with Crippen LogP contribution in [0.3, 0.4) is 0 Å². The van der Waals surface area contributed by atoms with Crippen molar-refractivity contribution in [2.45, 2.75) is 19.4 Å². The van der Waals surface area contributed by atoms with E-state index >= 15 is 0 Å². The van der Waals surface area contributed by atoms with E-state index in [1.54, 1.807) is 10.7 Å². The Labute approximate surface area is 151 Å². The Hall–Kier alpha value is -3.30. The number of benzene rings is 1. The highest BCUT2D eigenvalue weighted by Gasteiger charge is 2.19. The molecule has 0 atom stereocenters. The standard InChI is InChI=1S/C17H15F3N6O/c18-15-10(17(19)20)3-8-4-12(23-6-11(8)16(15)21)24-13-5-9-1-2-22-14(27)7-26(9)25-13/h3-6,17H,1-2,7,21H2,(H,22,27)(H,23,24,25). The Kier molecular flexibility index (Phi) is 4.09. The summed E-state index contributed by atoms with van der Waals surface area (Å²) in [5.41, 5.74) is 5.40. The number of aromatic nitrogens is 3. The Morgan fingerprint density at radius 2 is 2.07 bits per heavy atom. The molecule has 1 amide bonds. The largest absolute Gasteiger partial charge is 0.396 e. The van der Waals surface area contributed by atoms with Crippen molar-refractivity contribution in [3.63, 3.8) is 0 Å². The van der Waals surface area contributed by atoms with Gasteiger partial charge in [-0.25, -0.2) is 18.2 Å². The normalized spacial score (nSPS) is 14.1. The number of fused-ring (bicyclic) bond motifs is 2. The molecule has 0 radical (unpaired) electrons. The Balaban J connectivity index is 1.68. The third kappa shape index (κ3) is 3.14. The molecule has 3 aromatic rings. The maximum absolute atomic E-state index is 13.9. The smallest absolute Gasteiger partial charge is 0.266 e. The molecule has 0 unspecified atom stereocenters. The van der Waals surface area contributed by atoms with E-state index in [4.69, 9.17) is 5.73 Å². The summed E-state index contributed by atoms with van der Waals surface area (Å²) in [4.78, 5) is 15.7. The zero-order valence-corrected chi connectivity index (χ0v) is 14.0. The topological polar surface area (TPSA) is 97.9 Å². The molecule has 2 aromatic heterocycles. The second-order valence-electron chi connectivity index (χ2n) is 6.19. The summed E-state index contributed by atoms with van der Waals surface area (Å²) in [5, 5.41) is 10.6. The second-order valence-corrected chi connectivity index (χ2v) is 6.19. The number of halogens is 3. The van der Waals surface area contributed by atoms with E-state index in [0.717, 1.165) is 11.8 Å². The zero-order chi connectivity index (χ0) is 19.1. The fourth-order valence-electron chi connectivity index (χ4n) is 3.05. The highest BCUT2D eigenvalue weighted by molar-refractivity contribution is 5.94. The minimum absolute atomic E-state index is 0.121. The third-order valence-corrected chi connectivity index (χ3v) is 4.38. The number of carbonyl (C=O) groups excluding carboxylic acids is 1. The molecule has 4 N–H and O–H groups in total. The monoisotopic (exact) mass is 376 g/mol. The van der Waals surface area contributed by atoms with Crippen LogP contribution in [0.15, 0.2) is 24.4 Å². The van der Waals surface area contributed by atoms with Crippen LogP contribution in [0.5, 0.6) is 0 Å². The SMILES string of the molecule is Nc1c(F)c(C(F)F)cc2cc(Nc3cc4n(n3)CC(=O)NCC4)ncc12. The van der Waals surface area contributed by atoms with Crippen molar-refractivity contribution in [2.24, 2.45) is 0 Å². The molecule has 0 fully saturated rings. The minimum Gasteiger partial charge on any atom is -0.396 e. The number of hydrogen-bond acceptors (Lipinski definition) is 5. The van der Waals surface area contributed by atoms with Gasteiger partial charge in [0.2, 0.25) is 5.91 Å². The molecule has 3 heterocycles. The lowest BCUT2D eigenvalue weighted by Gasteiger charge is -2.10. The van der Waals surface area contributed by atoms with Gasteiger partial charge >= 0.3 is 0 Å². The molecule has 140 valence electrons. The Morgan fingerprint density at radius 3 is 2.85 bits per heavy atom. The van der Waals surface area contributed by atoms with Crippen LogP contribution < -0.4 is 16.4 Å². The predicted molar refractivity (Wildman–Crippen MR) is 93.3 cm³/mol. The van der Waals surface area contributed by atoms with Crippen molar-refractivity contribution in [1.29, 1.82) is 0 Å². The first-order chi connectivity index (χ1) is 12.9. The van der Waals surface area contributed by atoms with E-state index in [9.17, 15) is 18.0 Å². The van der Waals surface area contributed by atoms with E-state index in [0.29, 0.717) is 30.0 Å². The van der Waals surface area contributed by atoms with Crippen molar-refractivity contribution in [3.05, 3.63) is 41.5 Å². The third-order valence-electron chi connectivity index (χ3n) is 4.38. The van der Waals surface area contributed by atoms with Gasteiger partial charge in [-0.15, -0.1) is 0 Å². The van der Waals surface area contributed by atoms with Crippen LogP contribution in [-0.2, 0) is 17.8 Å². The zero-order valence-electron chi connectivity index (χ0n) is 14.0. The van der Waals surface area contributed by atoms with Gasteiger partial charge in [-0.3, -0.25) is 9.48 Å². The number of nitrogens with two attached hydrogens (primary N) is 1. The number of rotatable bonds is 3. The van der Waals surface area contributed by atoms with E-state index in [1.165, 1.54) is 12.3 Å². The first-order valence-corrected chi connectivity index (χ1v) is 8.18. The van der Waals surface area contributed by atoms with E-state index in [1.807, 2.05) is 0 Å². The molecule has 1 aliphatic heterocycles. The van der Waals surface area contributed by atoms with Gasteiger partial charge in [0.1, 0.15) is 12.4 Å². The Morgan fingerprint density at radius 1 is 1.26 bits per heavy atom. The summed E-state index contributed by atoms with van der Waals surface area (Å²) >= 11 is 0. The summed E-state index contributed by atoms with van der Waals surface area (Å²) < 4.78 is 41.5. The number of nitrogen functional groups attached to an aromatic ring is 1. The number of hydrogen-bond donors (Lipinski definition) is 3. The summed E-state index contributed by atoms with van der Waals surface area (Å²) in [6.45, 7) is 0.648. The molecule has 7 nitrogen and oxygen atoms in total. The molecule has 27 heavy (non-hydrogen) atoms. The van der Waals surface area contributed by atoms with Crippen LogP contribution in [0.4, 0.5) is 30.5 Å². The number of pyridine rings is 1. The van der Waals surface area contributed by atoms with Crippen LogP contribution in [-0.4, -0.2) is 27.2 Å². The molecule has 1 aromatic carbocycles. The highest BCUT2D eigenvalue weighted by Crippen LogP contribution is 2.33.